The molecule has 0 bridgehead atoms. The normalized spacial score (nSPS) is 43.7. The minimum absolute atomic E-state index is 0.0332. The smallest absolute Gasteiger partial charge is 0.0753 e. The zero-order valence-electron chi connectivity index (χ0n) is 5.54. The van der Waals surface area contributed by atoms with Crippen LogP contribution in [0, 0.1) is 5.92 Å². The Hall–Kier alpha value is -0.120. The first kappa shape index (κ1) is 6.99. The molecule has 0 aliphatic carbocycles. The van der Waals surface area contributed by atoms with Gasteiger partial charge in [0.1, 0.15) is 0 Å². The number of aliphatic hydroxyl groups is 2. The van der Waals surface area contributed by atoms with Gasteiger partial charge in [-0.1, -0.05) is 6.92 Å². The number of nitrogens with one attached hydrogen (secondary N) is 1. The number of hydrogen-bond donors (Lipinski definition) is 3. The zero-order valence-corrected chi connectivity index (χ0v) is 5.54. The van der Waals surface area contributed by atoms with Crippen LogP contribution in [0.4, 0.5) is 0 Å². The van der Waals surface area contributed by atoms with E-state index in [1.807, 2.05) is 6.92 Å². The van der Waals surface area contributed by atoms with Gasteiger partial charge in [-0.2, -0.15) is 0 Å². The van der Waals surface area contributed by atoms with Crippen molar-refractivity contribution in [3.63, 3.8) is 0 Å². The fourth-order valence-electron chi connectivity index (χ4n) is 1.15. The average molecular weight is 131 g/mol. The van der Waals surface area contributed by atoms with E-state index in [1.54, 1.807) is 0 Å². The molecule has 3 N–H and O–H groups in total. The summed E-state index contributed by atoms with van der Waals surface area (Å²) in [6.45, 7) is 2.81. The summed E-state index contributed by atoms with van der Waals surface area (Å²) in [6, 6.07) is -0.0972. The summed E-state index contributed by atoms with van der Waals surface area (Å²) in [7, 11) is 0. The van der Waals surface area contributed by atoms with E-state index >= 15 is 0 Å². The summed E-state index contributed by atoms with van der Waals surface area (Å²) < 4.78 is 0. The molecule has 3 atom stereocenters. The van der Waals surface area contributed by atoms with Crippen molar-refractivity contribution in [1.29, 1.82) is 0 Å². The van der Waals surface area contributed by atoms with Gasteiger partial charge in [-0.25, -0.2) is 0 Å². The van der Waals surface area contributed by atoms with Crippen molar-refractivity contribution in [1.82, 2.24) is 5.32 Å². The fraction of sp³-hybridized carbons (Fsp3) is 1.00. The van der Waals surface area contributed by atoms with Crippen LogP contribution in [-0.2, 0) is 0 Å². The van der Waals surface area contributed by atoms with E-state index in [1.165, 1.54) is 0 Å². The van der Waals surface area contributed by atoms with E-state index in [9.17, 15) is 5.11 Å². The third kappa shape index (κ3) is 1.23. The molecule has 0 unspecified atom stereocenters. The van der Waals surface area contributed by atoms with Crippen molar-refractivity contribution in [3.8, 4) is 0 Å². The molecule has 0 spiro atoms. The van der Waals surface area contributed by atoms with Crippen LogP contribution in [0.1, 0.15) is 6.92 Å². The van der Waals surface area contributed by atoms with Crippen molar-refractivity contribution in [2.24, 2.45) is 5.92 Å². The summed E-state index contributed by atoms with van der Waals surface area (Å²) in [5, 5.41) is 20.9. The van der Waals surface area contributed by atoms with E-state index in [0.29, 0.717) is 0 Å². The van der Waals surface area contributed by atoms with Gasteiger partial charge in [-0.05, 0) is 5.92 Å². The maximum atomic E-state index is 9.23. The van der Waals surface area contributed by atoms with E-state index in [-0.39, 0.29) is 24.7 Å². The predicted molar refractivity (Wildman–Crippen MR) is 34.0 cm³/mol. The van der Waals surface area contributed by atoms with Crippen molar-refractivity contribution in [2.75, 3.05) is 13.2 Å². The van der Waals surface area contributed by atoms with Crippen LogP contribution in [0.5, 0.6) is 0 Å². The molecule has 3 nitrogen and oxygen atoms in total. The average Bonchev–Trinajstić information content (AvgIpc) is 2.15. The molecule has 1 fully saturated rings. The topological polar surface area (TPSA) is 52.5 Å². The van der Waals surface area contributed by atoms with Gasteiger partial charge in [0.2, 0.25) is 0 Å². The highest BCUT2D eigenvalue weighted by Crippen LogP contribution is 2.12. The van der Waals surface area contributed by atoms with Crippen molar-refractivity contribution < 1.29 is 10.2 Å². The van der Waals surface area contributed by atoms with E-state index in [2.05, 4.69) is 5.32 Å². The molecule has 1 aliphatic heterocycles. The molecular weight excluding hydrogens is 118 g/mol. The van der Waals surface area contributed by atoms with E-state index in [0.717, 1.165) is 6.54 Å². The number of rotatable bonds is 1. The zero-order chi connectivity index (χ0) is 6.85. The largest absolute Gasteiger partial charge is 0.395 e. The van der Waals surface area contributed by atoms with Crippen LogP contribution in [0.15, 0.2) is 0 Å². The van der Waals surface area contributed by atoms with Gasteiger partial charge in [-0.3, -0.25) is 0 Å². The molecule has 0 saturated carbocycles. The Morgan fingerprint density at radius 1 is 1.67 bits per heavy atom. The van der Waals surface area contributed by atoms with Gasteiger partial charge >= 0.3 is 0 Å². The fourth-order valence-corrected chi connectivity index (χ4v) is 1.15. The first-order valence-corrected chi connectivity index (χ1v) is 3.28. The molecule has 0 radical (unpaired) electrons. The minimum Gasteiger partial charge on any atom is -0.395 e. The Morgan fingerprint density at radius 2 is 2.33 bits per heavy atom. The van der Waals surface area contributed by atoms with E-state index in [4.69, 9.17) is 5.11 Å². The van der Waals surface area contributed by atoms with Crippen molar-refractivity contribution >= 4 is 0 Å². The highest BCUT2D eigenvalue weighted by molar-refractivity contribution is 4.87. The Kier molecular flexibility index (Phi) is 2.05. The molecule has 1 heterocycles. The Balaban J connectivity index is 2.41. The van der Waals surface area contributed by atoms with Gasteiger partial charge in [0.05, 0.1) is 18.8 Å². The lowest BCUT2D eigenvalue weighted by Crippen LogP contribution is -2.34. The number of aliphatic hydroxyl groups excluding tert-OH is 2. The lowest BCUT2D eigenvalue weighted by molar-refractivity contribution is 0.0955. The third-order valence-corrected chi connectivity index (χ3v) is 1.89. The van der Waals surface area contributed by atoms with E-state index < -0.39 is 0 Å². The molecule has 0 amide bonds. The second-order valence-electron chi connectivity index (χ2n) is 2.67. The first-order valence-electron chi connectivity index (χ1n) is 3.28. The van der Waals surface area contributed by atoms with Crippen LogP contribution in [0.25, 0.3) is 0 Å². The van der Waals surface area contributed by atoms with Crippen LogP contribution in [0.2, 0.25) is 0 Å². The van der Waals surface area contributed by atoms with Crippen molar-refractivity contribution in [2.45, 2.75) is 19.1 Å². The van der Waals surface area contributed by atoms with Crippen molar-refractivity contribution in [3.05, 3.63) is 0 Å². The quantitative estimate of drug-likeness (QED) is 0.425. The summed E-state index contributed by atoms with van der Waals surface area (Å²) >= 11 is 0. The van der Waals surface area contributed by atoms with Gasteiger partial charge in [-0.15, -0.1) is 0 Å². The molecule has 1 rings (SSSR count). The standard InChI is InChI=1S/C6H13NO2/c1-4-2-7-5(3-8)6(4)9/h4-9H,2-3H2,1H3/t4-,5+,6-/m0/s1. The molecule has 54 valence electrons. The summed E-state index contributed by atoms with van der Waals surface area (Å²) in [6.07, 6.45) is -0.366. The molecule has 3 heteroatoms. The summed E-state index contributed by atoms with van der Waals surface area (Å²) in [4.78, 5) is 0. The van der Waals surface area contributed by atoms with Crippen LogP contribution < -0.4 is 5.32 Å². The summed E-state index contributed by atoms with van der Waals surface area (Å²) in [5.74, 6) is 0.280. The molecule has 1 saturated heterocycles. The second-order valence-corrected chi connectivity index (χ2v) is 2.67. The summed E-state index contributed by atoms with van der Waals surface area (Å²) in [5.41, 5.74) is 0. The van der Waals surface area contributed by atoms with Gasteiger partial charge in [0.15, 0.2) is 0 Å². The van der Waals surface area contributed by atoms with Crippen LogP contribution in [0.3, 0.4) is 0 Å². The maximum Gasteiger partial charge on any atom is 0.0753 e. The molecule has 9 heavy (non-hydrogen) atoms. The highest BCUT2D eigenvalue weighted by Gasteiger charge is 2.30. The minimum atomic E-state index is -0.366. The maximum absolute atomic E-state index is 9.23. The molecule has 0 aromatic rings. The lowest BCUT2D eigenvalue weighted by Gasteiger charge is -2.12. The number of hydrogen-bond acceptors (Lipinski definition) is 3. The Morgan fingerprint density at radius 3 is 2.56 bits per heavy atom. The van der Waals surface area contributed by atoms with Crippen LogP contribution >= 0.6 is 0 Å². The predicted octanol–water partition coefficient (Wildman–Crippen LogP) is -1.05. The second kappa shape index (κ2) is 2.64. The third-order valence-electron chi connectivity index (χ3n) is 1.89. The molecular formula is C6H13NO2. The molecule has 0 aromatic heterocycles. The monoisotopic (exact) mass is 131 g/mol. The molecule has 0 aromatic carbocycles. The highest BCUT2D eigenvalue weighted by atomic mass is 16.3. The first-order chi connectivity index (χ1) is 4.25. The Labute approximate surface area is 54.7 Å². The lowest BCUT2D eigenvalue weighted by atomic mass is 10.1. The van der Waals surface area contributed by atoms with Gasteiger partial charge in [0, 0.05) is 6.54 Å². The van der Waals surface area contributed by atoms with Crippen LogP contribution in [-0.4, -0.2) is 35.5 Å². The Bertz CT molecular complexity index is 97.1. The van der Waals surface area contributed by atoms with Gasteiger partial charge < -0.3 is 15.5 Å². The molecule has 1 aliphatic rings. The SMILES string of the molecule is C[C@H]1CN[C@H](CO)[C@H]1O. The van der Waals surface area contributed by atoms with Gasteiger partial charge in [0.25, 0.3) is 0 Å².